The molecular weight excluding hydrogens is 356 g/mol. The van der Waals surface area contributed by atoms with Gasteiger partial charge in [0, 0.05) is 13.1 Å². The van der Waals surface area contributed by atoms with Gasteiger partial charge in [0.25, 0.3) is 5.91 Å². The Kier molecular flexibility index (Phi) is 5.93. The molecule has 0 bridgehead atoms. The summed E-state index contributed by atoms with van der Waals surface area (Å²) in [6.45, 7) is 8.05. The molecule has 0 aromatic carbocycles. The molecule has 3 N–H and O–H groups in total. The van der Waals surface area contributed by atoms with Crippen molar-refractivity contribution >= 4 is 30.3 Å². The fraction of sp³-hybridized carbons (Fsp3) is 0.833. The van der Waals surface area contributed by atoms with E-state index in [2.05, 4.69) is 26.1 Å². The van der Waals surface area contributed by atoms with Crippen molar-refractivity contribution in [3.05, 3.63) is 0 Å². The molecular formula is C18H31ClN4O3. The van der Waals surface area contributed by atoms with Crippen molar-refractivity contribution in [3.63, 3.8) is 0 Å². The zero-order valence-corrected chi connectivity index (χ0v) is 16.7. The Morgan fingerprint density at radius 3 is 2.58 bits per heavy atom. The number of nitrogens with one attached hydrogen (secondary N) is 1. The van der Waals surface area contributed by atoms with Gasteiger partial charge in [0.2, 0.25) is 5.91 Å². The van der Waals surface area contributed by atoms with Crippen LogP contribution in [0.15, 0.2) is 0 Å². The van der Waals surface area contributed by atoms with Gasteiger partial charge in [-0.05, 0) is 49.5 Å². The Hall–Kier alpha value is -1.34. The number of amides is 4. The first-order chi connectivity index (χ1) is 11.7. The highest BCUT2D eigenvalue weighted by Gasteiger charge is 2.56. The monoisotopic (exact) mass is 386 g/mol. The van der Waals surface area contributed by atoms with Gasteiger partial charge >= 0.3 is 6.03 Å². The fourth-order valence-electron chi connectivity index (χ4n) is 5.14. The van der Waals surface area contributed by atoms with Crippen LogP contribution in [0.4, 0.5) is 4.79 Å². The van der Waals surface area contributed by atoms with Crippen molar-refractivity contribution in [2.75, 3.05) is 26.2 Å². The second kappa shape index (κ2) is 7.35. The lowest BCUT2D eigenvalue weighted by molar-refractivity contribution is -0.140. The smallest absolute Gasteiger partial charge is 0.325 e. The molecule has 3 unspecified atom stereocenters. The van der Waals surface area contributed by atoms with Crippen molar-refractivity contribution in [2.45, 2.75) is 52.0 Å². The van der Waals surface area contributed by atoms with Gasteiger partial charge in [-0.3, -0.25) is 14.5 Å². The summed E-state index contributed by atoms with van der Waals surface area (Å²) in [4.78, 5) is 40.9. The van der Waals surface area contributed by atoms with Crippen LogP contribution in [-0.4, -0.2) is 59.4 Å². The highest BCUT2D eigenvalue weighted by Crippen LogP contribution is 2.46. The Balaban J connectivity index is 0.00000243. The molecule has 1 saturated carbocycles. The van der Waals surface area contributed by atoms with Gasteiger partial charge in [0.05, 0.1) is 0 Å². The van der Waals surface area contributed by atoms with Gasteiger partial charge in [-0.25, -0.2) is 4.79 Å². The lowest BCUT2D eigenvalue weighted by Gasteiger charge is -2.43. The van der Waals surface area contributed by atoms with E-state index in [1.165, 1.54) is 0 Å². The molecule has 1 aliphatic carbocycles. The van der Waals surface area contributed by atoms with E-state index < -0.39 is 11.6 Å². The summed E-state index contributed by atoms with van der Waals surface area (Å²) in [7, 11) is 0. The number of halogens is 1. The second-order valence-electron chi connectivity index (χ2n) is 8.99. The third kappa shape index (κ3) is 3.83. The molecule has 26 heavy (non-hydrogen) atoms. The molecule has 8 heteroatoms. The van der Waals surface area contributed by atoms with Gasteiger partial charge in [-0.1, -0.05) is 20.8 Å². The average Bonchev–Trinajstić information content (AvgIpc) is 3.05. The van der Waals surface area contributed by atoms with E-state index >= 15 is 0 Å². The molecule has 3 atom stereocenters. The molecule has 148 valence electrons. The van der Waals surface area contributed by atoms with Crippen LogP contribution in [-0.2, 0) is 9.59 Å². The molecule has 3 aliphatic rings. The quantitative estimate of drug-likeness (QED) is 0.715. The number of rotatable bonds is 3. The Bertz CT molecular complexity index is 597. The summed E-state index contributed by atoms with van der Waals surface area (Å²) in [6.07, 6.45) is 3.19. The number of hydrogen-bond acceptors (Lipinski definition) is 4. The van der Waals surface area contributed by atoms with Crippen LogP contribution < -0.4 is 11.1 Å². The third-order valence-electron chi connectivity index (χ3n) is 5.89. The van der Waals surface area contributed by atoms with E-state index in [1.54, 1.807) is 4.90 Å². The van der Waals surface area contributed by atoms with Gasteiger partial charge in [0.15, 0.2) is 0 Å². The first-order valence-electron chi connectivity index (χ1n) is 9.28. The number of likely N-dealkylation sites (tertiary alicyclic amines) is 1. The number of carbonyl (C=O) groups excluding carboxylic acids is 3. The largest absolute Gasteiger partial charge is 0.341 e. The molecule has 2 heterocycles. The van der Waals surface area contributed by atoms with Crippen LogP contribution in [0.5, 0.6) is 0 Å². The zero-order chi connectivity index (χ0) is 18.4. The minimum absolute atomic E-state index is 0. The van der Waals surface area contributed by atoms with Crippen molar-refractivity contribution in [1.82, 2.24) is 15.1 Å². The normalized spacial score (nSPS) is 33.4. The minimum Gasteiger partial charge on any atom is -0.341 e. The number of nitrogens with two attached hydrogens (primary N) is 1. The van der Waals surface area contributed by atoms with Crippen molar-refractivity contribution in [1.29, 1.82) is 0 Å². The summed E-state index contributed by atoms with van der Waals surface area (Å²) >= 11 is 0. The van der Waals surface area contributed by atoms with Crippen LogP contribution >= 0.6 is 12.4 Å². The summed E-state index contributed by atoms with van der Waals surface area (Å²) in [6, 6.07) is -0.433. The first kappa shape index (κ1) is 21.0. The highest BCUT2D eigenvalue weighted by molar-refractivity contribution is 6.09. The average molecular weight is 387 g/mol. The lowest BCUT2D eigenvalue weighted by atomic mass is 9.64. The maximum absolute atomic E-state index is 13.0. The second-order valence-corrected chi connectivity index (χ2v) is 8.99. The van der Waals surface area contributed by atoms with E-state index in [-0.39, 0.29) is 36.2 Å². The number of nitrogens with zero attached hydrogens (tertiary/aromatic N) is 2. The van der Waals surface area contributed by atoms with Crippen LogP contribution in [0, 0.1) is 17.3 Å². The summed E-state index contributed by atoms with van der Waals surface area (Å²) in [5.41, 5.74) is 4.82. The molecule has 1 spiro atoms. The molecule has 0 aromatic rings. The summed E-state index contributed by atoms with van der Waals surface area (Å²) in [5, 5.41) is 2.92. The predicted octanol–water partition coefficient (Wildman–Crippen LogP) is 1.35. The Labute approximate surface area is 161 Å². The molecule has 4 amide bonds. The predicted molar refractivity (Wildman–Crippen MR) is 101 cm³/mol. The number of carbonyl (C=O) groups is 3. The molecule has 7 nitrogen and oxygen atoms in total. The molecule has 2 aliphatic heterocycles. The third-order valence-corrected chi connectivity index (χ3v) is 5.89. The van der Waals surface area contributed by atoms with Crippen LogP contribution in [0.3, 0.4) is 0 Å². The van der Waals surface area contributed by atoms with Crippen LogP contribution in [0.25, 0.3) is 0 Å². The summed E-state index contributed by atoms with van der Waals surface area (Å²) in [5.74, 6) is 0.269. The van der Waals surface area contributed by atoms with Crippen molar-refractivity contribution in [2.24, 2.45) is 23.0 Å². The Morgan fingerprint density at radius 1 is 1.31 bits per heavy atom. The van der Waals surface area contributed by atoms with E-state index in [0.717, 1.165) is 17.7 Å². The maximum Gasteiger partial charge on any atom is 0.325 e. The molecule has 0 radical (unpaired) electrons. The lowest BCUT2D eigenvalue weighted by Crippen LogP contribution is -2.54. The van der Waals surface area contributed by atoms with Crippen molar-refractivity contribution < 1.29 is 14.4 Å². The number of urea groups is 1. The van der Waals surface area contributed by atoms with Crippen molar-refractivity contribution in [3.8, 4) is 0 Å². The molecule has 2 saturated heterocycles. The molecule has 3 fully saturated rings. The van der Waals surface area contributed by atoms with E-state index in [1.807, 2.05) is 0 Å². The van der Waals surface area contributed by atoms with Crippen LogP contribution in [0.2, 0.25) is 0 Å². The van der Waals surface area contributed by atoms with E-state index in [9.17, 15) is 14.4 Å². The highest BCUT2D eigenvalue weighted by atomic mass is 35.5. The molecule has 3 rings (SSSR count). The first-order valence-corrected chi connectivity index (χ1v) is 9.28. The van der Waals surface area contributed by atoms with E-state index in [4.69, 9.17) is 5.73 Å². The van der Waals surface area contributed by atoms with Gasteiger partial charge in [-0.2, -0.15) is 0 Å². The number of imide groups is 1. The summed E-state index contributed by atoms with van der Waals surface area (Å²) < 4.78 is 0. The van der Waals surface area contributed by atoms with Crippen LogP contribution in [0.1, 0.15) is 46.5 Å². The number of hydrogen-bond donors (Lipinski definition) is 2. The molecule has 0 aromatic heterocycles. The van der Waals surface area contributed by atoms with Gasteiger partial charge in [0.1, 0.15) is 12.1 Å². The topological polar surface area (TPSA) is 95.7 Å². The van der Waals surface area contributed by atoms with E-state index in [0.29, 0.717) is 44.3 Å². The minimum atomic E-state index is -0.844. The Morgan fingerprint density at radius 2 is 2.00 bits per heavy atom. The zero-order valence-electron chi connectivity index (χ0n) is 15.9. The fourth-order valence-corrected chi connectivity index (χ4v) is 5.14. The maximum atomic E-state index is 13.0. The SMILES string of the molecule is CC1CC(C)(C)CC2(C1)NC(=O)N(CC(=O)N1CCC(CN)C1)C2=O.Cl. The van der Waals surface area contributed by atoms with Gasteiger partial charge in [-0.15, -0.1) is 12.4 Å². The standard InChI is InChI=1S/C18H30N4O3.ClH/c1-12-6-17(2,3)11-18(7-12)15(24)22(16(25)20-18)10-14(23)21-5-4-13(8-19)9-21;/h12-13H,4-11,19H2,1-3H3,(H,20,25);1H. The van der Waals surface area contributed by atoms with Gasteiger partial charge < -0.3 is 16.0 Å².